The van der Waals surface area contributed by atoms with Crippen molar-refractivity contribution in [1.29, 1.82) is 0 Å². The monoisotopic (exact) mass is 348 g/mol. The average Bonchev–Trinajstić information content (AvgIpc) is 2.62. The molecule has 0 aromatic carbocycles. The lowest BCUT2D eigenvalue weighted by Gasteiger charge is -2.20. The van der Waals surface area contributed by atoms with Crippen molar-refractivity contribution >= 4 is 11.6 Å². The predicted octanol–water partition coefficient (Wildman–Crippen LogP) is 3.97. The van der Waals surface area contributed by atoms with Gasteiger partial charge in [-0.15, -0.1) is 0 Å². The Bertz CT molecular complexity index is 888. The highest BCUT2D eigenvalue weighted by Crippen LogP contribution is 2.24. The van der Waals surface area contributed by atoms with Crippen molar-refractivity contribution in [2.24, 2.45) is 0 Å². The molecule has 3 aromatic heterocycles. The van der Waals surface area contributed by atoms with Crippen LogP contribution in [0.15, 0.2) is 61.2 Å². The van der Waals surface area contributed by atoms with Gasteiger partial charge in [0.25, 0.3) is 5.91 Å². The molecular formula is C20H20N4O2. The fourth-order valence-electron chi connectivity index (χ4n) is 2.35. The van der Waals surface area contributed by atoms with E-state index >= 15 is 0 Å². The van der Waals surface area contributed by atoms with Crippen molar-refractivity contribution in [2.45, 2.75) is 26.4 Å². The normalized spacial score (nSPS) is 11.0. The molecule has 0 aliphatic carbocycles. The maximum Gasteiger partial charge on any atom is 0.257 e. The summed E-state index contributed by atoms with van der Waals surface area (Å²) < 4.78 is 5.73. The SMILES string of the molecule is CC(C)(C)Oc1ccc(-c2ncccc2C(=O)Nc2cccnc2)cn1. The van der Waals surface area contributed by atoms with Crippen molar-refractivity contribution in [2.75, 3.05) is 5.32 Å². The van der Waals surface area contributed by atoms with Crippen LogP contribution in [0.5, 0.6) is 5.88 Å². The first-order valence-electron chi connectivity index (χ1n) is 8.24. The summed E-state index contributed by atoms with van der Waals surface area (Å²) in [5, 5.41) is 2.82. The quantitative estimate of drug-likeness (QED) is 0.772. The van der Waals surface area contributed by atoms with Gasteiger partial charge in [0.05, 0.1) is 23.1 Å². The first kappa shape index (κ1) is 17.5. The molecule has 0 atom stereocenters. The Hall–Kier alpha value is -3.28. The zero-order valence-electron chi connectivity index (χ0n) is 14.9. The summed E-state index contributed by atoms with van der Waals surface area (Å²) in [6, 6.07) is 10.6. The number of rotatable bonds is 4. The number of carbonyl (C=O) groups is 1. The van der Waals surface area contributed by atoms with Crippen LogP contribution < -0.4 is 10.1 Å². The van der Waals surface area contributed by atoms with Crippen LogP contribution in [0.3, 0.4) is 0 Å². The van der Waals surface area contributed by atoms with Crippen LogP contribution >= 0.6 is 0 Å². The van der Waals surface area contributed by atoms with E-state index in [0.717, 1.165) is 5.56 Å². The second kappa shape index (κ2) is 7.31. The third-order valence-electron chi connectivity index (χ3n) is 3.39. The lowest BCUT2D eigenvalue weighted by atomic mass is 10.1. The Morgan fingerprint density at radius 1 is 1.00 bits per heavy atom. The Morgan fingerprint density at radius 3 is 2.46 bits per heavy atom. The fourth-order valence-corrected chi connectivity index (χ4v) is 2.35. The van der Waals surface area contributed by atoms with Gasteiger partial charge in [-0.05, 0) is 51.1 Å². The van der Waals surface area contributed by atoms with E-state index in [0.29, 0.717) is 22.8 Å². The van der Waals surface area contributed by atoms with E-state index in [2.05, 4.69) is 20.3 Å². The number of hydrogen-bond acceptors (Lipinski definition) is 5. The molecule has 1 amide bonds. The van der Waals surface area contributed by atoms with E-state index in [-0.39, 0.29) is 11.5 Å². The van der Waals surface area contributed by atoms with Gasteiger partial charge in [-0.2, -0.15) is 0 Å². The van der Waals surface area contributed by atoms with Crippen molar-refractivity contribution in [3.8, 4) is 17.1 Å². The van der Waals surface area contributed by atoms with E-state index in [4.69, 9.17) is 4.74 Å². The lowest BCUT2D eigenvalue weighted by Crippen LogP contribution is -2.23. The van der Waals surface area contributed by atoms with Gasteiger partial charge >= 0.3 is 0 Å². The maximum atomic E-state index is 12.6. The molecule has 6 heteroatoms. The van der Waals surface area contributed by atoms with Crippen LogP contribution in [0.2, 0.25) is 0 Å². The molecule has 0 aliphatic rings. The van der Waals surface area contributed by atoms with E-state index in [9.17, 15) is 4.79 Å². The minimum absolute atomic E-state index is 0.254. The number of ether oxygens (including phenoxy) is 1. The standard InChI is InChI=1S/C20H20N4O2/c1-20(2,3)26-17-9-8-14(12-23-17)18-16(7-5-11-22-18)19(25)24-15-6-4-10-21-13-15/h4-13H,1-3H3,(H,24,25). The third-order valence-corrected chi connectivity index (χ3v) is 3.39. The molecule has 0 bridgehead atoms. The van der Waals surface area contributed by atoms with Gasteiger partial charge in [0, 0.05) is 30.2 Å². The average molecular weight is 348 g/mol. The zero-order chi connectivity index (χ0) is 18.6. The van der Waals surface area contributed by atoms with Crippen LogP contribution in [0, 0.1) is 0 Å². The molecule has 0 saturated carbocycles. The van der Waals surface area contributed by atoms with Crippen LogP contribution in [-0.4, -0.2) is 26.5 Å². The number of amides is 1. The van der Waals surface area contributed by atoms with Gasteiger partial charge < -0.3 is 10.1 Å². The van der Waals surface area contributed by atoms with Crippen LogP contribution in [0.25, 0.3) is 11.3 Å². The molecule has 0 unspecified atom stereocenters. The number of nitrogens with zero attached hydrogens (tertiary/aromatic N) is 3. The molecule has 0 fully saturated rings. The number of carbonyl (C=O) groups excluding carboxylic acids is 1. The van der Waals surface area contributed by atoms with Gasteiger partial charge in [-0.25, -0.2) is 4.98 Å². The van der Waals surface area contributed by atoms with Gasteiger partial charge in [-0.3, -0.25) is 14.8 Å². The molecule has 1 N–H and O–H groups in total. The predicted molar refractivity (Wildman–Crippen MR) is 100 cm³/mol. The summed E-state index contributed by atoms with van der Waals surface area (Å²) >= 11 is 0. The molecule has 0 aliphatic heterocycles. The summed E-state index contributed by atoms with van der Waals surface area (Å²) in [7, 11) is 0. The molecule has 3 heterocycles. The van der Waals surface area contributed by atoms with E-state index < -0.39 is 0 Å². The smallest absolute Gasteiger partial charge is 0.257 e. The molecule has 6 nitrogen and oxygen atoms in total. The first-order valence-corrected chi connectivity index (χ1v) is 8.24. The largest absolute Gasteiger partial charge is 0.472 e. The van der Waals surface area contributed by atoms with Crippen LogP contribution in [0.4, 0.5) is 5.69 Å². The molecular weight excluding hydrogens is 328 g/mol. The first-order chi connectivity index (χ1) is 12.4. The molecule has 0 radical (unpaired) electrons. The number of pyridine rings is 3. The Labute approximate surface area is 152 Å². The zero-order valence-corrected chi connectivity index (χ0v) is 14.9. The maximum absolute atomic E-state index is 12.6. The highest BCUT2D eigenvalue weighted by atomic mass is 16.5. The fraction of sp³-hybridized carbons (Fsp3) is 0.200. The minimum atomic E-state index is -0.325. The van der Waals surface area contributed by atoms with Crippen molar-refractivity contribution in [3.63, 3.8) is 0 Å². The molecule has 0 spiro atoms. The third kappa shape index (κ3) is 4.42. The molecule has 3 aromatic rings. The molecule has 132 valence electrons. The second-order valence-corrected chi connectivity index (χ2v) is 6.69. The van der Waals surface area contributed by atoms with Gasteiger partial charge in [0.1, 0.15) is 5.60 Å². The number of anilines is 1. The van der Waals surface area contributed by atoms with Gasteiger partial charge in [-0.1, -0.05) is 0 Å². The van der Waals surface area contributed by atoms with Crippen molar-refractivity contribution < 1.29 is 9.53 Å². The number of aromatic nitrogens is 3. The van der Waals surface area contributed by atoms with Gasteiger partial charge in [0.2, 0.25) is 5.88 Å². The topological polar surface area (TPSA) is 77.0 Å². The summed E-state index contributed by atoms with van der Waals surface area (Å²) in [5.74, 6) is 0.273. The molecule has 26 heavy (non-hydrogen) atoms. The van der Waals surface area contributed by atoms with Gasteiger partial charge in [0.15, 0.2) is 0 Å². The Kier molecular flexibility index (Phi) is 4.93. The van der Waals surface area contributed by atoms with Crippen LogP contribution in [-0.2, 0) is 0 Å². The molecule has 0 saturated heterocycles. The van der Waals surface area contributed by atoms with Crippen molar-refractivity contribution in [3.05, 3.63) is 66.7 Å². The summed E-state index contributed by atoms with van der Waals surface area (Å²) in [4.78, 5) is 25.3. The number of nitrogens with one attached hydrogen (secondary N) is 1. The van der Waals surface area contributed by atoms with Crippen LogP contribution in [0.1, 0.15) is 31.1 Å². The van der Waals surface area contributed by atoms with Crippen molar-refractivity contribution in [1.82, 2.24) is 15.0 Å². The van der Waals surface area contributed by atoms with E-state index in [1.165, 1.54) is 0 Å². The molecule has 3 rings (SSSR count). The summed E-state index contributed by atoms with van der Waals surface area (Å²) in [6.07, 6.45) is 6.55. The minimum Gasteiger partial charge on any atom is -0.472 e. The number of hydrogen-bond donors (Lipinski definition) is 1. The van der Waals surface area contributed by atoms with E-state index in [1.807, 2.05) is 26.8 Å². The summed E-state index contributed by atoms with van der Waals surface area (Å²) in [6.45, 7) is 5.88. The second-order valence-electron chi connectivity index (χ2n) is 6.69. The Balaban J connectivity index is 1.86. The highest BCUT2D eigenvalue weighted by molar-refractivity contribution is 6.07. The Morgan fingerprint density at radius 2 is 1.81 bits per heavy atom. The summed E-state index contributed by atoms with van der Waals surface area (Å²) in [5.41, 5.74) is 2.06. The lowest BCUT2D eigenvalue weighted by molar-refractivity contribution is 0.102. The highest BCUT2D eigenvalue weighted by Gasteiger charge is 2.16. The van der Waals surface area contributed by atoms with E-state index in [1.54, 1.807) is 55.1 Å².